The number of anilines is 1. The van der Waals surface area contributed by atoms with E-state index in [4.69, 9.17) is 4.74 Å². The molecular formula is C27H24N2O4. The predicted octanol–water partition coefficient (Wildman–Crippen LogP) is 4.68. The van der Waals surface area contributed by atoms with Gasteiger partial charge in [-0.25, -0.2) is 4.79 Å². The van der Waals surface area contributed by atoms with Crippen molar-refractivity contribution in [3.05, 3.63) is 111 Å². The summed E-state index contributed by atoms with van der Waals surface area (Å²) in [5.74, 6) is -0.512. The topological polar surface area (TPSA) is 88.3 Å². The lowest BCUT2D eigenvalue weighted by Crippen LogP contribution is -2.14. The van der Waals surface area contributed by atoms with Crippen molar-refractivity contribution in [3.8, 4) is 0 Å². The van der Waals surface area contributed by atoms with Gasteiger partial charge < -0.3 is 15.0 Å². The number of H-pyrrole nitrogens is 1. The second-order valence-electron chi connectivity index (χ2n) is 8.04. The first-order valence-electron chi connectivity index (χ1n) is 10.6. The summed E-state index contributed by atoms with van der Waals surface area (Å²) in [4.78, 5) is 39.2. The highest BCUT2D eigenvalue weighted by Gasteiger charge is 2.11. The maximum atomic E-state index is 12.4. The van der Waals surface area contributed by atoms with Gasteiger partial charge in [-0.15, -0.1) is 0 Å². The average molecular weight is 440 g/mol. The van der Waals surface area contributed by atoms with Crippen molar-refractivity contribution in [2.24, 2.45) is 0 Å². The van der Waals surface area contributed by atoms with Crippen molar-refractivity contribution >= 4 is 28.3 Å². The molecule has 0 bridgehead atoms. The predicted molar refractivity (Wildman–Crippen MR) is 128 cm³/mol. The van der Waals surface area contributed by atoms with E-state index in [1.807, 2.05) is 50.2 Å². The third kappa shape index (κ3) is 5.36. The van der Waals surface area contributed by atoms with Gasteiger partial charge in [-0.05, 0) is 66.3 Å². The van der Waals surface area contributed by atoms with Crippen LogP contribution in [0, 0.1) is 13.8 Å². The SMILES string of the molecule is Cc1ccc(C(=O)OCc2ccc(CC(=O)Nc3ccc4c(=O)[nH]ccc4c3)cc2)c(C)c1. The minimum atomic E-state index is -0.353. The fourth-order valence-corrected chi connectivity index (χ4v) is 3.68. The van der Waals surface area contributed by atoms with Crippen molar-refractivity contribution in [1.29, 1.82) is 0 Å². The molecule has 0 saturated carbocycles. The van der Waals surface area contributed by atoms with E-state index in [1.165, 1.54) is 0 Å². The number of esters is 1. The van der Waals surface area contributed by atoms with Crippen molar-refractivity contribution in [2.75, 3.05) is 5.32 Å². The zero-order valence-electron chi connectivity index (χ0n) is 18.5. The van der Waals surface area contributed by atoms with Crippen molar-refractivity contribution < 1.29 is 14.3 Å². The van der Waals surface area contributed by atoms with E-state index in [2.05, 4.69) is 10.3 Å². The first-order valence-corrected chi connectivity index (χ1v) is 10.6. The lowest BCUT2D eigenvalue weighted by molar-refractivity contribution is -0.115. The Morgan fingerprint density at radius 2 is 1.67 bits per heavy atom. The number of nitrogens with one attached hydrogen (secondary N) is 2. The number of ether oxygens (including phenoxy) is 1. The number of fused-ring (bicyclic) bond motifs is 1. The number of benzene rings is 3. The molecule has 1 heterocycles. The maximum absolute atomic E-state index is 12.4. The van der Waals surface area contributed by atoms with E-state index < -0.39 is 0 Å². The van der Waals surface area contributed by atoms with Crippen molar-refractivity contribution in [3.63, 3.8) is 0 Å². The van der Waals surface area contributed by atoms with Gasteiger partial charge in [0.25, 0.3) is 5.56 Å². The molecule has 0 radical (unpaired) electrons. The van der Waals surface area contributed by atoms with Gasteiger partial charge >= 0.3 is 5.97 Å². The number of aryl methyl sites for hydroxylation is 2. The molecule has 33 heavy (non-hydrogen) atoms. The van der Waals surface area contributed by atoms with Gasteiger partial charge in [0.05, 0.1) is 12.0 Å². The summed E-state index contributed by atoms with van der Waals surface area (Å²) < 4.78 is 5.44. The van der Waals surface area contributed by atoms with Crippen LogP contribution in [-0.2, 0) is 22.6 Å². The van der Waals surface area contributed by atoms with Crippen molar-refractivity contribution in [1.82, 2.24) is 4.98 Å². The van der Waals surface area contributed by atoms with Gasteiger partial charge in [-0.2, -0.15) is 0 Å². The van der Waals surface area contributed by atoms with Gasteiger partial charge in [0, 0.05) is 17.3 Å². The summed E-state index contributed by atoms with van der Waals surface area (Å²) >= 11 is 0. The van der Waals surface area contributed by atoms with Gasteiger partial charge in [0.2, 0.25) is 5.91 Å². The zero-order valence-corrected chi connectivity index (χ0v) is 18.5. The highest BCUT2D eigenvalue weighted by molar-refractivity contribution is 5.95. The second-order valence-corrected chi connectivity index (χ2v) is 8.04. The molecule has 2 N–H and O–H groups in total. The number of carbonyl (C=O) groups is 2. The highest BCUT2D eigenvalue weighted by atomic mass is 16.5. The number of hydrogen-bond acceptors (Lipinski definition) is 4. The van der Waals surface area contributed by atoms with Gasteiger partial charge in [-0.3, -0.25) is 9.59 Å². The number of amides is 1. The van der Waals surface area contributed by atoms with Crippen LogP contribution in [0.5, 0.6) is 0 Å². The van der Waals surface area contributed by atoms with Crippen LogP contribution >= 0.6 is 0 Å². The quantitative estimate of drug-likeness (QED) is 0.426. The third-order valence-electron chi connectivity index (χ3n) is 5.42. The number of aromatic amines is 1. The Morgan fingerprint density at radius 3 is 2.42 bits per heavy atom. The Kier molecular flexibility index (Phi) is 6.36. The van der Waals surface area contributed by atoms with E-state index in [0.717, 1.165) is 27.6 Å². The molecule has 4 rings (SSSR count). The van der Waals surface area contributed by atoms with Crippen LogP contribution in [0.1, 0.15) is 32.6 Å². The number of hydrogen-bond donors (Lipinski definition) is 2. The Labute approximate surface area is 191 Å². The van der Waals surface area contributed by atoms with E-state index >= 15 is 0 Å². The first-order chi connectivity index (χ1) is 15.9. The van der Waals surface area contributed by atoms with Crippen LogP contribution in [0.4, 0.5) is 5.69 Å². The monoisotopic (exact) mass is 440 g/mol. The average Bonchev–Trinajstić information content (AvgIpc) is 2.78. The summed E-state index contributed by atoms with van der Waals surface area (Å²) in [5.41, 5.74) is 4.70. The molecule has 0 aliphatic carbocycles. The zero-order chi connectivity index (χ0) is 23.4. The van der Waals surface area contributed by atoms with Crippen LogP contribution in [0.25, 0.3) is 10.8 Å². The lowest BCUT2D eigenvalue weighted by Gasteiger charge is -2.09. The number of carbonyl (C=O) groups excluding carboxylic acids is 2. The van der Waals surface area contributed by atoms with Crippen molar-refractivity contribution in [2.45, 2.75) is 26.9 Å². The van der Waals surface area contributed by atoms with Crippen LogP contribution in [-0.4, -0.2) is 16.9 Å². The fraction of sp³-hybridized carbons (Fsp3) is 0.148. The number of aromatic nitrogens is 1. The largest absolute Gasteiger partial charge is 0.457 e. The Bertz CT molecular complexity index is 1390. The van der Waals surface area contributed by atoms with E-state index in [0.29, 0.717) is 16.6 Å². The van der Waals surface area contributed by atoms with E-state index in [-0.39, 0.29) is 30.5 Å². The summed E-state index contributed by atoms with van der Waals surface area (Å²) in [7, 11) is 0. The number of pyridine rings is 1. The van der Waals surface area contributed by atoms with Gasteiger partial charge in [0.1, 0.15) is 6.61 Å². The Morgan fingerprint density at radius 1 is 0.909 bits per heavy atom. The van der Waals surface area contributed by atoms with E-state index in [9.17, 15) is 14.4 Å². The molecule has 1 amide bonds. The smallest absolute Gasteiger partial charge is 0.338 e. The normalized spacial score (nSPS) is 10.7. The van der Waals surface area contributed by atoms with Crippen LogP contribution in [0.3, 0.4) is 0 Å². The molecule has 0 unspecified atom stereocenters. The molecule has 166 valence electrons. The second kappa shape index (κ2) is 9.53. The summed E-state index contributed by atoms with van der Waals surface area (Å²) in [6, 6.07) is 20.0. The van der Waals surface area contributed by atoms with Crippen LogP contribution < -0.4 is 10.9 Å². The first kappa shape index (κ1) is 22.0. The Hall–Kier alpha value is -4.19. The summed E-state index contributed by atoms with van der Waals surface area (Å²) in [6.07, 6.45) is 1.78. The molecule has 0 spiro atoms. The fourth-order valence-electron chi connectivity index (χ4n) is 3.68. The maximum Gasteiger partial charge on any atom is 0.338 e. The molecule has 6 nitrogen and oxygen atoms in total. The van der Waals surface area contributed by atoms with Crippen LogP contribution in [0.15, 0.2) is 77.7 Å². The molecule has 6 heteroatoms. The summed E-state index contributed by atoms with van der Waals surface area (Å²) in [5, 5.41) is 4.20. The molecule has 0 fully saturated rings. The molecule has 3 aromatic carbocycles. The lowest BCUT2D eigenvalue weighted by atomic mass is 10.1. The molecule has 0 aliphatic heterocycles. The molecule has 4 aromatic rings. The van der Waals surface area contributed by atoms with Gasteiger partial charge in [-0.1, -0.05) is 42.0 Å². The molecule has 0 atom stereocenters. The Balaban J connectivity index is 1.33. The molecule has 0 saturated heterocycles. The standard InChI is InChI=1S/C27H24N2O4/c1-17-3-9-23(18(2)13-17)27(32)33-16-20-6-4-19(5-7-20)14-25(30)29-22-8-10-24-21(15-22)11-12-28-26(24)31/h3-13,15H,14,16H2,1-2H3,(H,28,31)(H,29,30). The third-order valence-corrected chi connectivity index (χ3v) is 5.42. The van der Waals surface area contributed by atoms with E-state index in [1.54, 1.807) is 36.5 Å². The minimum Gasteiger partial charge on any atom is -0.457 e. The summed E-state index contributed by atoms with van der Waals surface area (Å²) in [6.45, 7) is 4.03. The molecule has 1 aromatic heterocycles. The number of rotatable bonds is 6. The molecular weight excluding hydrogens is 416 g/mol. The highest BCUT2D eigenvalue weighted by Crippen LogP contribution is 2.17. The molecule has 0 aliphatic rings. The minimum absolute atomic E-state index is 0.159. The van der Waals surface area contributed by atoms with Gasteiger partial charge in [0.15, 0.2) is 0 Å². The van der Waals surface area contributed by atoms with Crippen LogP contribution in [0.2, 0.25) is 0 Å².